The molecular weight excluding hydrogens is 344 g/mol. The molecule has 0 saturated heterocycles. The number of phenols is 1. The van der Waals surface area contributed by atoms with Gasteiger partial charge in [0.05, 0.1) is 11.4 Å². The summed E-state index contributed by atoms with van der Waals surface area (Å²) >= 11 is 0. The lowest BCUT2D eigenvalue weighted by atomic mass is 9.82. The molecule has 3 N–H and O–H groups in total. The van der Waals surface area contributed by atoms with Crippen molar-refractivity contribution in [1.82, 2.24) is 15.1 Å². The number of aromatic hydroxyl groups is 1. The number of rotatable bonds is 5. The summed E-state index contributed by atoms with van der Waals surface area (Å²) in [5.74, 6) is 0.286. The molecule has 2 aromatic rings. The largest absolute Gasteiger partial charge is 0.507 e. The smallest absolute Gasteiger partial charge is 0.342 e. The fraction of sp³-hybridized carbons (Fsp3) is 0.450. The first-order valence-electron chi connectivity index (χ1n) is 9.59. The lowest BCUT2D eigenvalue weighted by Gasteiger charge is -2.25. The lowest BCUT2D eigenvalue weighted by molar-refractivity contribution is -0.115. The second-order valence-electron chi connectivity index (χ2n) is 7.35. The minimum Gasteiger partial charge on any atom is -0.507 e. The summed E-state index contributed by atoms with van der Waals surface area (Å²) in [6.07, 6.45) is 5.63. The SMILES string of the molecule is CCC(=O)Nc1ccc(O)c(-c2cc(C3CCC3)n(C(=O)NC3CC3)n2)c1. The second-order valence-corrected chi connectivity index (χ2v) is 7.35. The van der Waals surface area contributed by atoms with Crippen molar-refractivity contribution in [2.45, 2.75) is 57.4 Å². The molecule has 2 fully saturated rings. The van der Waals surface area contributed by atoms with Gasteiger partial charge in [0, 0.05) is 29.6 Å². The molecule has 2 saturated carbocycles. The zero-order chi connectivity index (χ0) is 19.0. The summed E-state index contributed by atoms with van der Waals surface area (Å²) in [6, 6.07) is 6.81. The average Bonchev–Trinajstić information content (AvgIpc) is 3.31. The highest BCUT2D eigenvalue weighted by Gasteiger charge is 2.30. The van der Waals surface area contributed by atoms with Crippen LogP contribution in [0.3, 0.4) is 0 Å². The predicted octanol–water partition coefficient (Wildman–Crippen LogP) is 3.59. The molecule has 1 aromatic heterocycles. The molecule has 0 unspecified atom stereocenters. The Hall–Kier alpha value is -2.83. The standard InChI is InChI=1S/C20H24N4O3/c1-2-19(26)21-14-8-9-18(25)15(10-14)16-11-17(12-4-3-5-12)24(23-16)20(27)22-13-6-7-13/h8-13,25H,2-7H2,1H3,(H,21,26)(H,22,27). The number of phenolic OH excluding ortho intramolecular Hbond substituents is 1. The maximum absolute atomic E-state index is 12.6. The minimum absolute atomic E-state index is 0.0666. The molecule has 142 valence electrons. The Balaban J connectivity index is 1.68. The van der Waals surface area contributed by atoms with Gasteiger partial charge in [-0.1, -0.05) is 13.3 Å². The van der Waals surface area contributed by atoms with Gasteiger partial charge < -0.3 is 15.7 Å². The van der Waals surface area contributed by atoms with E-state index >= 15 is 0 Å². The molecule has 4 rings (SSSR count). The normalized spacial score (nSPS) is 16.6. The van der Waals surface area contributed by atoms with Gasteiger partial charge in [-0.15, -0.1) is 0 Å². The van der Waals surface area contributed by atoms with Crippen LogP contribution in [0.1, 0.15) is 57.1 Å². The topological polar surface area (TPSA) is 96.2 Å². The maximum atomic E-state index is 12.6. The summed E-state index contributed by atoms with van der Waals surface area (Å²) in [4.78, 5) is 24.3. The number of hydrogen-bond donors (Lipinski definition) is 3. The van der Waals surface area contributed by atoms with E-state index in [0.717, 1.165) is 37.8 Å². The van der Waals surface area contributed by atoms with Crippen LogP contribution in [0.4, 0.5) is 10.5 Å². The van der Waals surface area contributed by atoms with Gasteiger partial charge in [0.2, 0.25) is 5.91 Å². The average molecular weight is 368 g/mol. The Morgan fingerprint density at radius 2 is 2.00 bits per heavy atom. The number of benzene rings is 1. The van der Waals surface area contributed by atoms with Crippen molar-refractivity contribution in [1.29, 1.82) is 0 Å². The maximum Gasteiger partial charge on any atom is 0.342 e. The van der Waals surface area contributed by atoms with E-state index in [1.807, 2.05) is 6.07 Å². The van der Waals surface area contributed by atoms with Crippen molar-refractivity contribution in [3.63, 3.8) is 0 Å². The Labute approximate surface area is 157 Å². The lowest BCUT2D eigenvalue weighted by Crippen LogP contribution is -2.33. The first kappa shape index (κ1) is 17.6. The van der Waals surface area contributed by atoms with E-state index in [0.29, 0.717) is 29.3 Å². The van der Waals surface area contributed by atoms with Crippen LogP contribution in [0.2, 0.25) is 0 Å². The molecule has 0 spiro atoms. The van der Waals surface area contributed by atoms with E-state index in [1.54, 1.807) is 19.1 Å². The Kier molecular flexibility index (Phi) is 4.59. The third-order valence-corrected chi connectivity index (χ3v) is 5.24. The molecule has 0 bridgehead atoms. The fourth-order valence-corrected chi connectivity index (χ4v) is 3.22. The first-order valence-corrected chi connectivity index (χ1v) is 9.59. The Bertz CT molecular complexity index is 881. The van der Waals surface area contributed by atoms with Gasteiger partial charge in [-0.05, 0) is 49.9 Å². The summed E-state index contributed by atoms with van der Waals surface area (Å²) < 4.78 is 1.45. The molecule has 1 aromatic carbocycles. The highest BCUT2D eigenvalue weighted by molar-refractivity contribution is 5.91. The number of carbonyl (C=O) groups excluding carboxylic acids is 2. The number of carbonyl (C=O) groups is 2. The highest BCUT2D eigenvalue weighted by Crippen LogP contribution is 2.39. The van der Waals surface area contributed by atoms with E-state index in [9.17, 15) is 14.7 Å². The van der Waals surface area contributed by atoms with Gasteiger partial charge in [0.25, 0.3) is 0 Å². The van der Waals surface area contributed by atoms with Gasteiger partial charge in [0.15, 0.2) is 0 Å². The first-order chi connectivity index (χ1) is 13.0. The van der Waals surface area contributed by atoms with Crippen molar-refractivity contribution >= 4 is 17.6 Å². The molecular formula is C20H24N4O3. The number of aromatic nitrogens is 2. The number of amides is 2. The predicted molar refractivity (Wildman–Crippen MR) is 102 cm³/mol. The summed E-state index contributed by atoms with van der Waals surface area (Å²) in [6.45, 7) is 1.78. The van der Waals surface area contributed by atoms with Crippen LogP contribution in [-0.4, -0.2) is 32.9 Å². The molecule has 7 heteroatoms. The quantitative estimate of drug-likeness (QED) is 0.703. The van der Waals surface area contributed by atoms with Crippen LogP contribution in [0.5, 0.6) is 5.75 Å². The summed E-state index contributed by atoms with van der Waals surface area (Å²) in [7, 11) is 0. The molecule has 2 amide bonds. The van der Waals surface area contributed by atoms with Crippen molar-refractivity contribution in [3.8, 4) is 17.0 Å². The third-order valence-electron chi connectivity index (χ3n) is 5.24. The fourth-order valence-electron chi connectivity index (χ4n) is 3.22. The number of anilines is 1. The summed E-state index contributed by atoms with van der Waals surface area (Å²) in [5, 5.41) is 20.6. The van der Waals surface area contributed by atoms with Crippen molar-refractivity contribution in [3.05, 3.63) is 30.0 Å². The zero-order valence-corrected chi connectivity index (χ0v) is 15.4. The molecule has 2 aliphatic carbocycles. The van der Waals surface area contributed by atoms with E-state index in [-0.39, 0.29) is 23.7 Å². The molecule has 2 aliphatic rings. The van der Waals surface area contributed by atoms with Crippen LogP contribution in [-0.2, 0) is 4.79 Å². The van der Waals surface area contributed by atoms with Gasteiger partial charge >= 0.3 is 6.03 Å². The van der Waals surface area contributed by atoms with Crippen LogP contribution < -0.4 is 10.6 Å². The highest BCUT2D eigenvalue weighted by atomic mass is 16.3. The van der Waals surface area contributed by atoms with Gasteiger partial charge in [-0.25, -0.2) is 4.79 Å². The zero-order valence-electron chi connectivity index (χ0n) is 15.4. The van der Waals surface area contributed by atoms with Crippen LogP contribution in [0.25, 0.3) is 11.3 Å². The van der Waals surface area contributed by atoms with Crippen molar-refractivity contribution in [2.24, 2.45) is 0 Å². The van der Waals surface area contributed by atoms with Crippen LogP contribution >= 0.6 is 0 Å². The van der Waals surface area contributed by atoms with Gasteiger partial charge in [-0.2, -0.15) is 9.78 Å². The Morgan fingerprint density at radius 1 is 1.22 bits per heavy atom. The monoisotopic (exact) mass is 368 g/mol. The van der Waals surface area contributed by atoms with Gasteiger partial charge in [-0.3, -0.25) is 4.79 Å². The van der Waals surface area contributed by atoms with E-state index < -0.39 is 0 Å². The van der Waals surface area contributed by atoms with Crippen molar-refractivity contribution < 1.29 is 14.7 Å². The van der Waals surface area contributed by atoms with E-state index in [2.05, 4.69) is 15.7 Å². The van der Waals surface area contributed by atoms with E-state index in [1.165, 1.54) is 10.7 Å². The van der Waals surface area contributed by atoms with Crippen LogP contribution in [0.15, 0.2) is 24.3 Å². The molecule has 0 radical (unpaired) electrons. The number of nitrogens with zero attached hydrogens (tertiary/aromatic N) is 2. The van der Waals surface area contributed by atoms with E-state index in [4.69, 9.17) is 0 Å². The molecule has 27 heavy (non-hydrogen) atoms. The molecule has 1 heterocycles. The minimum atomic E-state index is -0.208. The Morgan fingerprint density at radius 3 is 2.63 bits per heavy atom. The molecule has 0 aliphatic heterocycles. The van der Waals surface area contributed by atoms with Crippen molar-refractivity contribution in [2.75, 3.05) is 5.32 Å². The van der Waals surface area contributed by atoms with Crippen LogP contribution in [0, 0.1) is 0 Å². The second kappa shape index (κ2) is 7.06. The number of hydrogen-bond acceptors (Lipinski definition) is 4. The summed E-state index contributed by atoms with van der Waals surface area (Å²) in [5.41, 5.74) is 2.52. The molecule has 0 atom stereocenters. The number of nitrogens with one attached hydrogen (secondary N) is 2. The van der Waals surface area contributed by atoms with Gasteiger partial charge in [0.1, 0.15) is 5.75 Å². The third kappa shape index (κ3) is 3.67. The molecule has 7 nitrogen and oxygen atoms in total.